The van der Waals surface area contributed by atoms with Gasteiger partial charge in [0.05, 0.1) is 11.4 Å². The van der Waals surface area contributed by atoms with Crippen molar-refractivity contribution in [1.82, 2.24) is 4.57 Å². The van der Waals surface area contributed by atoms with Crippen molar-refractivity contribution in [1.29, 1.82) is 5.41 Å². The summed E-state index contributed by atoms with van der Waals surface area (Å²) >= 11 is 0. The van der Waals surface area contributed by atoms with Crippen molar-refractivity contribution in [3.05, 3.63) is 65.8 Å². The molecular formula is C13H15ClN2. The molecule has 1 unspecified atom stereocenters. The summed E-state index contributed by atoms with van der Waals surface area (Å²) in [4.78, 5) is 0. The van der Waals surface area contributed by atoms with Gasteiger partial charge in [-0.1, -0.05) is 30.3 Å². The average Bonchev–Trinajstić information content (AvgIpc) is 2.30. The second kappa shape index (κ2) is 5.52. The summed E-state index contributed by atoms with van der Waals surface area (Å²) in [7, 11) is 0. The molecule has 2 rings (SSSR count). The van der Waals surface area contributed by atoms with Crippen LogP contribution < -0.4 is 5.36 Å². The Morgan fingerprint density at radius 2 is 1.56 bits per heavy atom. The molecule has 1 aromatic carbocycles. The quantitative estimate of drug-likeness (QED) is 0.828. The molecule has 0 aliphatic rings. The summed E-state index contributed by atoms with van der Waals surface area (Å²) in [6.45, 7) is 2.15. The van der Waals surface area contributed by atoms with Crippen LogP contribution in [0.4, 0.5) is 0 Å². The zero-order valence-electron chi connectivity index (χ0n) is 9.13. The molecule has 84 valence electrons. The fraction of sp³-hybridized carbons (Fsp3) is 0.154. The summed E-state index contributed by atoms with van der Waals surface area (Å²) in [5.41, 5.74) is 1.28. The topological polar surface area (TPSA) is 28.8 Å². The van der Waals surface area contributed by atoms with E-state index in [4.69, 9.17) is 5.41 Å². The number of benzene rings is 1. The van der Waals surface area contributed by atoms with Gasteiger partial charge in [0, 0.05) is 12.4 Å². The van der Waals surface area contributed by atoms with E-state index in [9.17, 15) is 0 Å². The minimum Gasteiger partial charge on any atom is -0.347 e. The minimum atomic E-state index is 0. The van der Waals surface area contributed by atoms with Crippen LogP contribution in [0.5, 0.6) is 0 Å². The molecule has 2 nitrogen and oxygen atoms in total. The fourth-order valence-corrected chi connectivity index (χ4v) is 1.60. The third-order valence-corrected chi connectivity index (χ3v) is 2.58. The van der Waals surface area contributed by atoms with Crippen LogP contribution in [0.2, 0.25) is 0 Å². The molecule has 0 aliphatic heterocycles. The van der Waals surface area contributed by atoms with E-state index >= 15 is 0 Å². The number of nitrogens with zero attached hydrogens (tertiary/aromatic N) is 1. The first-order valence-corrected chi connectivity index (χ1v) is 5.05. The van der Waals surface area contributed by atoms with Gasteiger partial charge in [-0.15, -0.1) is 12.4 Å². The maximum absolute atomic E-state index is 7.42. The van der Waals surface area contributed by atoms with Gasteiger partial charge in [-0.25, -0.2) is 0 Å². The lowest BCUT2D eigenvalue weighted by Crippen LogP contribution is -2.09. The Hall–Kier alpha value is -1.54. The zero-order chi connectivity index (χ0) is 10.7. The Bertz CT molecular complexity index is 470. The molecule has 1 N–H and O–H groups in total. The van der Waals surface area contributed by atoms with Crippen LogP contribution in [0.3, 0.4) is 0 Å². The van der Waals surface area contributed by atoms with Gasteiger partial charge < -0.3 is 9.98 Å². The summed E-state index contributed by atoms with van der Waals surface area (Å²) in [5, 5.41) is 7.97. The van der Waals surface area contributed by atoms with E-state index in [1.54, 1.807) is 12.1 Å². The minimum absolute atomic E-state index is 0. The van der Waals surface area contributed by atoms with Crippen LogP contribution in [-0.4, -0.2) is 4.57 Å². The van der Waals surface area contributed by atoms with Crippen LogP contribution >= 0.6 is 12.4 Å². The highest BCUT2D eigenvalue weighted by molar-refractivity contribution is 5.85. The second-order valence-electron chi connectivity index (χ2n) is 3.62. The van der Waals surface area contributed by atoms with Crippen LogP contribution in [0, 0.1) is 5.41 Å². The van der Waals surface area contributed by atoms with Crippen molar-refractivity contribution in [3.63, 3.8) is 0 Å². The van der Waals surface area contributed by atoms with Crippen LogP contribution in [0.15, 0.2) is 54.9 Å². The molecule has 16 heavy (non-hydrogen) atoms. The van der Waals surface area contributed by atoms with Crippen LogP contribution in [0.1, 0.15) is 18.5 Å². The Morgan fingerprint density at radius 1 is 1.00 bits per heavy atom. The Morgan fingerprint density at radius 3 is 2.12 bits per heavy atom. The summed E-state index contributed by atoms with van der Waals surface area (Å²) < 4.78 is 2.10. The third kappa shape index (κ3) is 2.74. The van der Waals surface area contributed by atoms with E-state index in [-0.39, 0.29) is 12.4 Å². The lowest BCUT2D eigenvalue weighted by atomic mass is 10.1. The van der Waals surface area contributed by atoms with Crippen LogP contribution in [0.25, 0.3) is 0 Å². The van der Waals surface area contributed by atoms with E-state index in [0.29, 0.717) is 11.4 Å². The molecule has 1 aromatic heterocycles. The number of hydrogen-bond acceptors (Lipinski definition) is 1. The third-order valence-electron chi connectivity index (χ3n) is 2.58. The first-order chi connectivity index (χ1) is 7.27. The number of hydrogen-bond donors (Lipinski definition) is 1. The normalized spacial score (nSPS) is 11.6. The standard InChI is InChI=1S/C13H14N2.ClH/c1-11(12-5-3-2-4-6-12)15-9-7-13(14)8-10-15;/h2-11,14H,1H3;1H. The summed E-state index contributed by atoms with van der Waals surface area (Å²) in [5.74, 6) is 0. The van der Waals surface area contributed by atoms with Gasteiger partial charge in [0.1, 0.15) is 0 Å². The molecule has 1 atom stereocenters. The van der Waals surface area contributed by atoms with E-state index in [1.807, 2.05) is 30.6 Å². The van der Waals surface area contributed by atoms with Crippen molar-refractivity contribution >= 4 is 12.4 Å². The molecule has 2 aromatic rings. The highest BCUT2D eigenvalue weighted by Gasteiger charge is 2.03. The number of pyridine rings is 1. The SMILES string of the molecule is CC(c1ccccc1)n1ccc(=N)cc1.Cl. The lowest BCUT2D eigenvalue weighted by Gasteiger charge is -2.15. The lowest BCUT2D eigenvalue weighted by molar-refractivity contribution is 0.633. The predicted octanol–water partition coefficient (Wildman–Crippen LogP) is 3.00. The van der Waals surface area contributed by atoms with E-state index < -0.39 is 0 Å². The number of halogens is 1. The Kier molecular flexibility index (Phi) is 4.32. The summed E-state index contributed by atoms with van der Waals surface area (Å²) in [6.07, 6.45) is 3.89. The predicted molar refractivity (Wildman–Crippen MR) is 67.8 cm³/mol. The van der Waals surface area contributed by atoms with Gasteiger partial charge in [0.2, 0.25) is 0 Å². The van der Waals surface area contributed by atoms with Crippen LogP contribution in [-0.2, 0) is 0 Å². The molecule has 0 bridgehead atoms. The smallest absolute Gasteiger partial charge is 0.0568 e. The molecule has 0 spiro atoms. The van der Waals surface area contributed by atoms with Crippen molar-refractivity contribution in [2.75, 3.05) is 0 Å². The van der Waals surface area contributed by atoms with E-state index in [2.05, 4.69) is 23.6 Å². The van der Waals surface area contributed by atoms with Gasteiger partial charge >= 0.3 is 0 Å². The van der Waals surface area contributed by atoms with Gasteiger partial charge in [0.15, 0.2) is 0 Å². The molecule has 0 radical (unpaired) electrons. The Balaban J connectivity index is 0.00000128. The number of aromatic nitrogens is 1. The molecule has 0 amide bonds. The first kappa shape index (κ1) is 12.5. The average molecular weight is 235 g/mol. The number of rotatable bonds is 2. The van der Waals surface area contributed by atoms with Gasteiger partial charge in [-0.05, 0) is 24.6 Å². The van der Waals surface area contributed by atoms with E-state index in [0.717, 1.165) is 0 Å². The van der Waals surface area contributed by atoms with Gasteiger partial charge in [-0.2, -0.15) is 0 Å². The molecule has 0 aliphatic carbocycles. The molecule has 0 fully saturated rings. The zero-order valence-corrected chi connectivity index (χ0v) is 9.95. The maximum Gasteiger partial charge on any atom is 0.0568 e. The highest BCUT2D eigenvalue weighted by atomic mass is 35.5. The fourth-order valence-electron chi connectivity index (χ4n) is 1.60. The molecule has 0 saturated carbocycles. The molecular weight excluding hydrogens is 220 g/mol. The molecule has 0 saturated heterocycles. The second-order valence-corrected chi connectivity index (χ2v) is 3.62. The Labute approximate surface area is 101 Å². The van der Waals surface area contributed by atoms with Crippen molar-refractivity contribution < 1.29 is 0 Å². The molecule has 1 heterocycles. The first-order valence-electron chi connectivity index (χ1n) is 5.05. The maximum atomic E-state index is 7.42. The van der Waals surface area contributed by atoms with Crippen molar-refractivity contribution in [2.24, 2.45) is 0 Å². The largest absolute Gasteiger partial charge is 0.347 e. The van der Waals surface area contributed by atoms with E-state index in [1.165, 1.54) is 5.56 Å². The summed E-state index contributed by atoms with van der Waals surface area (Å²) in [6, 6.07) is 14.3. The monoisotopic (exact) mass is 234 g/mol. The number of nitrogens with one attached hydrogen (secondary N) is 1. The highest BCUT2D eigenvalue weighted by Crippen LogP contribution is 2.15. The van der Waals surface area contributed by atoms with Gasteiger partial charge in [-0.3, -0.25) is 0 Å². The molecule has 3 heteroatoms. The van der Waals surface area contributed by atoms with Crippen molar-refractivity contribution in [3.8, 4) is 0 Å². The van der Waals surface area contributed by atoms with Gasteiger partial charge in [0.25, 0.3) is 0 Å². The van der Waals surface area contributed by atoms with Crippen molar-refractivity contribution in [2.45, 2.75) is 13.0 Å².